The van der Waals surface area contributed by atoms with Gasteiger partial charge in [0, 0.05) is 17.0 Å². The normalized spacial score (nSPS) is 11.4. The van der Waals surface area contributed by atoms with E-state index in [1.54, 1.807) is 23.1 Å². The van der Waals surface area contributed by atoms with Gasteiger partial charge in [0.15, 0.2) is 0 Å². The largest absolute Gasteiger partial charge is 0.467 e. The highest BCUT2D eigenvalue weighted by molar-refractivity contribution is 5.99. The predicted molar refractivity (Wildman–Crippen MR) is 154 cm³/mol. The van der Waals surface area contributed by atoms with Crippen molar-refractivity contribution in [3.63, 3.8) is 0 Å². The third kappa shape index (κ3) is 7.05. The second-order valence-electron chi connectivity index (χ2n) is 11.0. The standard InChI is InChI=1S/C32H38N4O3/c1-6-7-12-24-15-17-25(18-16-24)31(38)35(21-26-13-10-19-39-26)22-30(37)33-29-20-28(32(3,4)5)34-36(29)27-14-9-8-11-23(27)2/h8-11,13-20H,6-7,12,21-22H2,1-5H3,(H,33,37). The Morgan fingerprint density at radius 1 is 1.03 bits per heavy atom. The number of hydrogen-bond donors (Lipinski definition) is 1. The van der Waals surface area contributed by atoms with Crippen LogP contribution in [-0.2, 0) is 23.2 Å². The van der Waals surface area contributed by atoms with Gasteiger partial charge < -0.3 is 14.6 Å². The molecule has 2 aromatic carbocycles. The predicted octanol–water partition coefficient (Wildman–Crippen LogP) is 6.69. The first-order valence-corrected chi connectivity index (χ1v) is 13.5. The van der Waals surface area contributed by atoms with Crippen molar-refractivity contribution >= 4 is 17.6 Å². The minimum atomic E-state index is -0.315. The number of hydrogen-bond acceptors (Lipinski definition) is 4. The van der Waals surface area contributed by atoms with Crippen LogP contribution in [0.2, 0.25) is 0 Å². The van der Waals surface area contributed by atoms with Crippen LogP contribution in [0, 0.1) is 6.92 Å². The van der Waals surface area contributed by atoms with Crippen LogP contribution in [0.25, 0.3) is 5.69 Å². The molecule has 7 nitrogen and oxygen atoms in total. The number of carbonyl (C=O) groups excluding carboxylic acids is 2. The molecule has 0 radical (unpaired) electrons. The number of nitrogens with zero attached hydrogens (tertiary/aromatic N) is 3. The van der Waals surface area contributed by atoms with Gasteiger partial charge in [0.2, 0.25) is 5.91 Å². The molecule has 0 bridgehead atoms. The second kappa shape index (κ2) is 12.2. The molecule has 0 spiro atoms. The van der Waals surface area contributed by atoms with E-state index in [4.69, 9.17) is 9.52 Å². The van der Waals surface area contributed by atoms with Crippen molar-refractivity contribution < 1.29 is 14.0 Å². The van der Waals surface area contributed by atoms with Crippen LogP contribution in [-0.4, -0.2) is 33.0 Å². The Morgan fingerprint density at radius 3 is 2.41 bits per heavy atom. The SMILES string of the molecule is CCCCc1ccc(C(=O)N(CC(=O)Nc2cc(C(C)(C)C)nn2-c2ccccc2C)Cc2ccco2)cc1. The van der Waals surface area contributed by atoms with Crippen molar-refractivity contribution in [1.82, 2.24) is 14.7 Å². The lowest BCUT2D eigenvalue weighted by Gasteiger charge is -2.22. The van der Waals surface area contributed by atoms with Gasteiger partial charge in [-0.3, -0.25) is 9.59 Å². The number of para-hydroxylation sites is 1. The Labute approximate surface area is 230 Å². The maximum absolute atomic E-state index is 13.5. The molecule has 2 aromatic heterocycles. The van der Waals surface area contributed by atoms with Crippen molar-refractivity contribution in [2.45, 2.75) is 65.8 Å². The van der Waals surface area contributed by atoms with E-state index >= 15 is 0 Å². The molecule has 0 fully saturated rings. The minimum Gasteiger partial charge on any atom is -0.467 e. The van der Waals surface area contributed by atoms with Crippen LogP contribution >= 0.6 is 0 Å². The average Bonchev–Trinajstić information content (AvgIpc) is 3.57. The Balaban J connectivity index is 1.58. The molecule has 204 valence electrons. The summed E-state index contributed by atoms with van der Waals surface area (Å²) in [6.07, 6.45) is 4.77. The van der Waals surface area contributed by atoms with E-state index in [0.717, 1.165) is 36.2 Å². The molecular formula is C32H38N4O3. The summed E-state index contributed by atoms with van der Waals surface area (Å²) < 4.78 is 7.27. The van der Waals surface area contributed by atoms with Crippen molar-refractivity contribution in [3.05, 3.63) is 101 Å². The second-order valence-corrected chi connectivity index (χ2v) is 11.0. The Kier molecular flexibility index (Phi) is 8.69. The lowest BCUT2D eigenvalue weighted by molar-refractivity contribution is -0.117. The third-order valence-electron chi connectivity index (χ3n) is 6.66. The molecule has 7 heteroatoms. The maximum Gasteiger partial charge on any atom is 0.254 e. The lowest BCUT2D eigenvalue weighted by atomic mass is 9.92. The number of aryl methyl sites for hydroxylation is 2. The fraction of sp³-hybridized carbons (Fsp3) is 0.344. The lowest BCUT2D eigenvalue weighted by Crippen LogP contribution is -2.37. The summed E-state index contributed by atoms with van der Waals surface area (Å²) >= 11 is 0. The van der Waals surface area contributed by atoms with E-state index in [2.05, 4.69) is 33.0 Å². The molecule has 0 saturated heterocycles. The smallest absolute Gasteiger partial charge is 0.254 e. The molecule has 0 aliphatic rings. The molecular weight excluding hydrogens is 488 g/mol. The summed E-state index contributed by atoms with van der Waals surface area (Å²) in [6.45, 7) is 10.5. The van der Waals surface area contributed by atoms with Crippen molar-refractivity contribution in [1.29, 1.82) is 0 Å². The Morgan fingerprint density at radius 2 is 1.77 bits per heavy atom. The fourth-order valence-corrected chi connectivity index (χ4v) is 4.34. The van der Waals surface area contributed by atoms with Crippen LogP contribution in [0.5, 0.6) is 0 Å². The summed E-state index contributed by atoms with van der Waals surface area (Å²) in [5, 5.41) is 7.84. The summed E-state index contributed by atoms with van der Waals surface area (Å²) in [6, 6.07) is 21.0. The topological polar surface area (TPSA) is 80.4 Å². The van der Waals surface area contributed by atoms with Gasteiger partial charge >= 0.3 is 0 Å². The van der Waals surface area contributed by atoms with Gasteiger partial charge in [0.25, 0.3) is 5.91 Å². The number of anilines is 1. The van der Waals surface area contributed by atoms with Crippen molar-refractivity contribution in [2.24, 2.45) is 0 Å². The van der Waals surface area contributed by atoms with Gasteiger partial charge in [-0.25, -0.2) is 4.68 Å². The first-order chi connectivity index (χ1) is 18.7. The number of benzene rings is 2. The molecule has 0 atom stereocenters. The number of carbonyl (C=O) groups is 2. The number of nitrogens with one attached hydrogen (secondary N) is 1. The summed E-state index contributed by atoms with van der Waals surface area (Å²) in [7, 11) is 0. The quantitative estimate of drug-likeness (QED) is 0.249. The van der Waals surface area contributed by atoms with Gasteiger partial charge in [0.1, 0.15) is 18.1 Å². The number of unbranched alkanes of at least 4 members (excludes halogenated alkanes) is 1. The number of furan rings is 1. The first-order valence-electron chi connectivity index (χ1n) is 13.5. The molecule has 4 rings (SSSR count). The van der Waals surface area contributed by atoms with Crippen molar-refractivity contribution in [3.8, 4) is 5.69 Å². The maximum atomic E-state index is 13.5. The molecule has 1 N–H and O–H groups in total. The Bertz CT molecular complexity index is 1400. The first kappa shape index (κ1) is 27.9. The molecule has 2 amide bonds. The van der Waals surface area contributed by atoms with Crippen LogP contribution in [0.4, 0.5) is 5.82 Å². The molecule has 4 aromatic rings. The third-order valence-corrected chi connectivity index (χ3v) is 6.66. The van der Waals surface area contributed by atoms with E-state index in [9.17, 15) is 9.59 Å². The highest BCUT2D eigenvalue weighted by atomic mass is 16.3. The van der Waals surface area contributed by atoms with Gasteiger partial charge in [0.05, 0.1) is 24.2 Å². The molecule has 0 unspecified atom stereocenters. The van der Waals surface area contributed by atoms with Gasteiger partial charge in [-0.1, -0.05) is 64.4 Å². The molecule has 39 heavy (non-hydrogen) atoms. The van der Waals surface area contributed by atoms with E-state index < -0.39 is 0 Å². The molecule has 0 aliphatic carbocycles. The van der Waals surface area contributed by atoms with Gasteiger partial charge in [-0.2, -0.15) is 5.10 Å². The number of amides is 2. The zero-order valence-electron chi connectivity index (χ0n) is 23.5. The zero-order chi connectivity index (χ0) is 28.0. The Hall–Kier alpha value is -4.13. The minimum absolute atomic E-state index is 0.138. The average molecular weight is 527 g/mol. The highest BCUT2D eigenvalue weighted by Crippen LogP contribution is 2.27. The monoisotopic (exact) mass is 526 g/mol. The summed E-state index contributed by atoms with van der Waals surface area (Å²) in [4.78, 5) is 28.5. The fourth-order valence-electron chi connectivity index (χ4n) is 4.34. The summed E-state index contributed by atoms with van der Waals surface area (Å²) in [5.74, 6) is 0.622. The summed E-state index contributed by atoms with van der Waals surface area (Å²) in [5.41, 5.74) is 4.30. The van der Waals surface area contributed by atoms with Gasteiger partial charge in [-0.15, -0.1) is 0 Å². The van der Waals surface area contributed by atoms with Gasteiger partial charge in [-0.05, 0) is 61.2 Å². The van der Waals surface area contributed by atoms with E-state index in [0.29, 0.717) is 17.1 Å². The van der Waals surface area contributed by atoms with E-state index in [1.807, 2.05) is 61.5 Å². The van der Waals surface area contributed by atoms with Crippen LogP contribution in [0.3, 0.4) is 0 Å². The molecule has 0 aliphatic heterocycles. The zero-order valence-corrected chi connectivity index (χ0v) is 23.5. The molecule has 2 heterocycles. The number of rotatable bonds is 10. The molecule has 0 saturated carbocycles. The number of aromatic nitrogens is 2. The van der Waals surface area contributed by atoms with E-state index in [1.165, 1.54) is 10.5 Å². The highest BCUT2D eigenvalue weighted by Gasteiger charge is 2.24. The van der Waals surface area contributed by atoms with Crippen LogP contribution < -0.4 is 5.32 Å². The van der Waals surface area contributed by atoms with Crippen molar-refractivity contribution in [2.75, 3.05) is 11.9 Å². The van der Waals surface area contributed by atoms with E-state index in [-0.39, 0.29) is 30.3 Å². The van der Waals surface area contributed by atoms with Crippen LogP contribution in [0.1, 0.15) is 73.5 Å². The van der Waals surface area contributed by atoms with Crippen LogP contribution in [0.15, 0.2) is 77.4 Å².